The molecule has 8 fully saturated rings. The highest BCUT2D eigenvalue weighted by Crippen LogP contribution is 2.74. The predicted octanol–water partition coefficient (Wildman–Crippen LogP) is 7.15. The molecule has 2 heterocycles. The van der Waals surface area contributed by atoms with Gasteiger partial charge in [0.1, 0.15) is 24.7 Å². The molecule has 17 heteroatoms. The van der Waals surface area contributed by atoms with Crippen molar-refractivity contribution in [3.63, 3.8) is 0 Å². The molecule has 2 aliphatic heterocycles. The molecular weight excluding hydrogens is 953 g/mol. The molecule has 1 aromatic carbocycles. The van der Waals surface area contributed by atoms with Crippen molar-refractivity contribution in [1.29, 1.82) is 0 Å². The molecule has 398 valence electrons. The average molecular weight is 1020 g/mol. The number of rotatable bonds is 10. The Morgan fingerprint density at radius 3 is 1.52 bits per heavy atom. The molecule has 0 amide bonds. The second-order valence-electron chi connectivity index (χ2n) is 23.5. The molecule has 0 radical (unpaired) electrons. The third-order valence-corrected chi connectivity index (χ3v) is 20.2. The first-order valence-corrected chi connectivity index (χ1v) is 26.2. The second-order valence-corrected chi connectivity index (χ2v) is 23.5. The molecule has 0 aromatic heterocycles. The van der Waals surface area contributed by atoms with Crippen LogP contribution in [0, 0.1) is 45.3 Å². The molecule has 6 N–H and O–H groups in total. The van der Waals surface area contributed by atoms with Gasteiger partial charge >= 0.3 is 0 Å². The normalized spacial score (nSPS) is 48.6. The van der Waals surface area contributed by atoms with Crippen LogP contribution in [0.4, 0.5) is 23.2 Å². The number of anilines is 1. The van der Waals surface area contributed by atoms with Gasteiger partial charge in [0, 0.05) is 39.2 Å². The number of ether oxygens (including phenoxy) is 5. The topological polar surface area (TPSA) is 207 Å². The lowest BCUT2D eigenvalue weighted by molar-refractivity contribution is -0.234. The van der Waals surface area contributed by atoms with Crippen LogP contribution in [0.15, 0.2) is 71.9 Å². The number of halogens is 4. The Balaban J connectivity index is 0.000000171. The van der Waals surface area contributed by atoms with Gasteiger partial charge in [-0.1, -0.05) is 52.7 Å². The number of fused-ring (bicyclic) bond motifs is 14. The predicted molar refractivity (Wildman–Crippen MR) is 258 cm³/mol. The number of allylic oxidation sites excluding steroid dienone is 8. The highest BCUT2D eigenvalue weighted by Gasteiger charge is 2.82. The molecule has 10 aliphatic rings. The maximum Gasteiger partial charge on any atom is 0.205 e. The minimum atomic E-state index is -2.24. The van der Waals surface area contributed by atoms with Crippen molar-refractivity contribution in [2.45, 2.75) is 178 Å². The molecular formula is C56H70F4N2O11. The molecule has 8 aliphatic carbocycles. The van der Waals surface area contributed by atoms with E-state index in [4.69, 9.17) is 35.2 Å². The Bertz CT molecular complexity index is 2580. The summed E-state index contributed by atoms with van der Waals surface area (Å²) in [5.41, 5.74) is -0.0130. The van der Waals surface area contributed by atoms with Crippen molar-refractivity contribution in [2.24, 2.45) is 51.1 Å². The summed E-state index contributed by atoms with van der Waals surface area (Å²) in [6, 6.07) is 6.68. The van der Waals surface area contributed by atoms with Crippen LogP contribution in [-0.2, 0) is 38.1 Å². The standard InChI is InChI=1S/C31H37F2NO6.C25H33F2NO5/c1-4-5-27-39-26-14-20-21-13-23(32)22-12-18(35)10-11-28(22,2)30(21,33)24(36)15-29(20,3)31(26,40-27)25(37)16-38-19-8-6-17(34)7-9-19;1-4-5-21-32-20-10-14-15-9-17(26)16-8-13(29)6-7-22(16,2)24(15,27)18(30)11-23(14,3)25(20,33-21)19(31)12-28/h6-12,20-21,23-24,26-27,36H,4-5,13-16,34H2,1-3H3;6-8,14-15,17-18,20-21,30H,4-5,9-12,28H2,1-3H3/t20-,21-,23-,24-,26+,27?,28-,29-,30-,31+;14-,15-,17-,18-,20+,21?,22-,23-,24-,25+/m00/s1. The summed E-state index contributed by atoms with van der Waals surface area (Å²) < 4.78 is 97.2. The number of benzene rings is 1. The van der Waals surface area contributed by atoms with E-state index in [9.17, 15) is 29.4 Å². The van der Waals surface area contributed by atoms with E-state index in [1.165, 1.54) is 36.5 Å². The smallest absolute Gasteiger partial charge is 0.205 e. The number of Topliss-reactive ketones (excluding diaryl/α,β-unsaturated/α-hetero) is 2. The molecule has 6 saturated carbocycles. The highest BCUT2D eigenvalue weighted by molar-refractivity contribution is 6.02. The minimum Gasteiger partial charge on any atom is -0.486 e. The number of carbonyl (C=O) groups is 4. The molecule has 0 bridgehead atoms. The third-order valence-electron chi connectivity index (χ3n) is 20.2. The zero-order chi connectivity index (χ0) is 52.6. The van der Waals surface area contributed by atoms with E-state index in [1.807, 2.05) is 27.7 Å². The molecule has 1 aromatic rings. The summed E-state index contributed by atoms with van der Waals surface area (Å²) in [4.78, 5) is 51.6. The average Bonchev–Trinajstić information content (AvgIpc) is 4.04. The van der Waals surface area contributed by atoms with Gasteiger partial charge in [0.25, 0.3) is 0 Å². The number of nitrogens with two attached hydrogens (primary N) is 2. The van der Waals surface area contributed by atoms with Crippen LogP contribution in [0.5, 0.6) is 5.75 Å². The SMILES string of the molecule is CCCC1O[C@@H]2C[C@H]3[C@@H]4C[C@H](F)C5=CC(=O)C=C[C@]5(C)[C@@]4(F)[C@@H](O)C[C@]3(C)[C@]2(C(=O)CN)O1.CCCC1O[C@@H]2C[C@H]3[C@@H]4C[C@H](F)C5=CC(=O)C=C[C@]5(C)[C@@]4(F)[C@@H](O)C[C@]3(C)[C@]2(C(=O)COc2ccc(N)cc2)O1. The maximum atomic E-state index is 17.5. The van der Waals surface area contributed by atoms with E-state index in [2.05, 4.69) is 0 Å². The first kappa shape index (κ1) is 52.3. The van der Waals surface area contributed by atoms with Crippen molar-refractivity contribution in [1.82, 2.24) is 0 Å². The number of ketones is 4. The third kappa shape index (κ3) is 6.89. The lowest BCUT2D eigenvalue weighted by atomic mass is 9.44. The molecule has 2 unspecified atom stereocenters. The molecule has 2 saturated heterocycles. The number of carbonyl (C=O) groups excluding carboxylic acids is 4. The molecule has 13 nitrogen and oxygen atoms in total. The fourth-order valence-corrected chi connectivity index (χ4v) is 16.7. The number of hydrogen-bond donors (Lipinski definition) is 4. The van der Waals surface area contributed by atoms with Gasteiger partial charge in [0.2, 0.25) is 5.78 Å². The number of aliphatic hydroxyl groups excluding tert-OH is 2. The van der Waals surface area contributed by atoms with Gasteiger partial charge in [0.05, 0.1) is 31.0 Å². The van der Waals surface area contributed by atoms with Gasteiger partial charge in [-0.05, 0) is 137 Å². The Hall–Kier alpha value is -4.10. The largest absolute Gasteiger partial charge is 0.486 e. The van der Waals surface area contributed by atoms with Gasteiger partial charge in [-0.25, -0.2) is 17.6 Å². The Morgan fingerprint density at radius 2 is 1.11 bits per heavy atom. The van der Waals surface area contributed by atoms with E-state index >= 15 is 17.6 Å². The Labute approximate surface area is 423 Å². The van der Waals surface area contributed by atoms with Crippen LogP contribution in [0.25, 0.3) is 0 Å². The Morgan fingerprint density at radius 1 is 0.685 bits per heavy atom. The molecule has 0 spiro atoms. The van der Waals surface area contributed by atoms with Gasteiger partial charge in [-0.15, -0.1) is 0 Å². The summed E-state index contributed by atoms with van der Waals surface area (Å²) in [6.07, 6.45) is 1.93. The van der Waals surface area contributed by atoms with Crippen molar-refractivity contribution in [2.75, 3.05) is 18.9 Å². The first-order chi connectivity index (χ1) is 34.4. The second kappa shape index (κ2) is 17.7. The molecule has 73 heavy (non-hydrogen) atoms. The van der Waals surface area contributed by atoms with E-state index in [1.54, 1.807) is 38.1 Å². The molecule has 20 atom stereocenters. The summed E-state index contributed by atoms with van der Waals surface area (Å²) in [7, 11) is 0. The molecule has 11 rings (SSSR count). The van der Waals surface area contributed by atoms with Gasteiger partial charge in [0.15, 0.2) is 52.5 Å². The number of aliphatic hydroxyl groups is 2. The summed E-state index contributed by atoms with van der Waals surface area (Å²) >= 11 is 0. The fourth-order valence-electron chi connectivity index (χ4n) is 16.7. The monoisotopic (exact) mass is 1020 g/mol. The van der Waals surface area contributed by atoms with Crippen molar-refractivity contribution in [3.8, 4) is 5.75 Å². The van der Waals surface area contributed by atoms with Crippen LogP contribution in [0.2, 0.25) is 0 Å². The van der Waals surface area contributed by atoms with Crippen molar-refractivity contribution >= 4 is 28.8 Å². The van der Waals surface area contributed by atoms with E-state index in [0.717, 1.165) is 12.8 Å². The van der Waals surface area contributed by atoms with Gasteiger partial charge in [-0.3, -0.25) is 19.2 Å². The lowest BCUT2D eigenvalue weighted by Crippen LogP contribution is -2.71. The van der Waals surface area contributed by atoms with Crippen molar-refractivity contribution < 1.29 is 70.6 Å². The van der Waals surface area contributed by atoms with Crippen LogP contribution < -0.4 is 16.2 Å². The number of alkyl halides is 4. The summed E-state index contributed by atoms with van der Waals surface area (Å²) in [6.45, 7) is 10.2. The van der Waals surface area contributed by atoms with Gasteiger partial charge < -0.3 is 45.4 Å². The van der Waals surface area contributed by atoms with E-state index in [-0.39, 0.29) is 73.8 Å². The number of nitrogen functional groups attached to an aromatic ring is 1. The quantitative estimate of drug-likeness (QED) is 0.136. The zero-order valence-corrected chi connectivity index (χ0v) is 42.4. The maximum absolute atomic E-state index is 17.5. The van der Waals surface area contributed by atoms with E-state index < -0.39 is 123 Å². The first-order valence-electron chi connectivity index (χ1n) is 26.2. The van der Waals surface area contributed by atoms with Gasteiger partial charge in [-0.2, -0.15) is 0 Å². The highest BCUT2D eigenvalue weighted by atomic mass is 19.2. The van der Waals surface area contributed by atoms with Crippen molar-refractivity contribution in [3.05, 3.63) is 71.9 Å². The van der Waals surface area contributed by atoms with E-state index in [0.29, 0.717) is 30.7 Å². The number of hydrogen-bond acceptors (Lipinski definition) is 13. The van der Waals surface area contributed by atoms with Crippen LogP contribution in [-0.4, -0.2) is 118 Å². The van der Waals surface area contributed by atoms with Crippen LogP contribution >= 0.6 is 0 Å². The van der Waals surface area contributed by atoms with Crippen LogP contribution in [0.3, 0.4) is 0 Å². The Kier molecular flexibility index (Phi) is 12.7. The minimum absolute atomic E-state index is 0.0449. The summed E-state index contributed by atoms with van der Waals surface area (Å²) in [5, 5.41) is 23.1. The zero-order valence-electron chi connectivity index (χ0n) is 42.4. The van der Waals surface area contributed by atoms with Crippen LogP contribution in [0.1, 0.15) is 106 Å². The lowest BCUT2D eigenvalue weighted by Gasteiger charge is -2.63. The summed E-state index contributed by atoms with van der Waals surface area (Å²) in [5.74, 6) is -3.77. The fraction of sp³-hybridized carbons (Fsp3) is 0.679.